The minimum atomic E-state index is -3.63. The molecule has 4 nitrogen and oxygen atoms in total. The molecule has 0 unspecified atom stereocenters. The van der Waals surface area contributed by atoms with E-state index < -0.39 is 10.0 Å². The first-order chi connectivity index (χ1) is 7.68. The topological polar surface area (TPSA) is 61.1 Å². The summed E-state index contributed by atoms with van der Waals surface area (Å²) in [5, 5.41) is 0. The van der Waals surface area contributed by atoms with Crippen LogP contribution in [0.4, 0.5) is 5.69 Å². The Hall–Kier alpha value is -1.88. The minimum absolute atomic E-state index is 0.179. The lowest BCUT2D eigenvalue weighted by molar-refractivity contribution is 0.603. The van der Waals surface area contributed by atoms with Crippen molar-refractivity contribution in [3.8, 4) is 0 Å². The van der Waals surface area contributed by atoms with E-state index in [9.17, 15) is 8.42 Å². The first-order valence-corrected chi connectivity index (χ1v) is 6.05. The van der Waals surface area contributed by atoms with Crippen LogP contribution in [0.3, 0.4) is 0 Å². The number of hydrogen-bond donors (Lipinski definition) is 0. The van der Waals surface area contributed by atoms with Gasteiger partial charge in [0, 0.05) is 12.4 Å². The average molecular weight is 233 g/mol. The van der Waals surface area contributed by atoms with Crippen molar-refractivity contribution >= 4 is 15.7 Å². The number of hydrogen-bond acceptors (Lipinski definition) is 3. The van der Waals surface area contributed by atoms with Crippen molar-refractivity contribution in [1.29, 1.82) is 0 Å². The summed E-state index contributed by atoms with van der Waals surface area (Å²) in [5.41, 5.74) is 0.325. The van der Waals surface area contributed by atoms with Gasteiger partial charge in [-0.05, 0) is 18.2 Å². The smallest absolute Gasteiger partial charge is 0.123 e. The van der Waals surface area contributed by atoms with Crippen LogP contribution in [0.15, 0.2) is 59.8 Å². The van der Waals surface area contributed by atoms with Crippen LogP contribution in [0.1, 0.15) is 0 Å². The van der Waals surface area contributed by atoms with Gasteiger partial charge < -0.3 is 4.72 Å². The maximum absolute atomic E-state index is 11.8. The molecule has 0 amide bonds. The van der Waals surface area contributed by atoms with Gasteiger partial charge in [0.25, 0.3) is 0 Å². The number of nitrogens with zero attached hydrogens (tertiary/aromatic N) is 2. The third-order valence-electron chi connectivity index (χ3n) is 1.91. The summed E-state index contributed by atoms with van der Waals surface area (Å²) in [6.07, 6.45) is 2.97. The predicted molar refractivity (Wildman–Crippen MR) is 60.9 cm³/mol. The molecule has 0 saturated heterocycles. The van der Waals surface area contributed by atoms with E-state index in [-0.39, 0.29) is 4.90 Å². The second kappa shape index (κ2) is 4.32. The molecule has 0 aliphatic heterocycles. The lowest BCUT2D eigenvalue weighted by Gasteiger charge is -2.20. The van der Waals surface area contributed by atoms with E-state index in [4.69, 9.17) is 0 Å². The van der Waals surface area contributed by atoms with Gasteiger partial charge in [0.2, 0.25) is 0 Å². The second-order valence-corrected chi connectivity index (χ2v) is 4.69. The van der Waals surface area contributed by atoms with Crippen molar-refractivity contribution in [3.63, 3.8) is 0 Å². The Labute approximate surface area is 94.0 Å². The van der Waals surface area contributed by atoms with Crippen LogP contribution < -0.4 is 0 Å². The largest absolute Gasteiger partial charge is 0.571 e. The van der Waals surface area contributed by atoms with Gasteiger partial charge in [-0.15, -0.1) is 5.69 Å². The van der Waals surface area contributed by atoms with Crippen molar-refractivity contribution in [2.24, 2.45) is 0 Å². The van der Waals surface area contributed by atoms with Gasteiger partial charge in [0.15, 0.2) is 0 Å². The second-order valence-electron chi connectivity index (χ2n) is 3.09. The van der Waals surface area contributed by atoms with Crippen LogP contribution in [-0.4, -0.2) is 13.4 Å². The Morgan fingerprint density at radius 1 is 1.00 bits per heavy atom. The van der Waals surface area contributed by atoms with Crippen LogP contribution in [0.5, 0.6) is 0 Å². The van der Waals surface area contributed by atoms with Gasteiger partial charge in [0.1, 0.15) is 10.0 Å². The Kier molecular flexibility index (Phi) is 2.87. The zero-order valence-electron chi connectivity index (χ0n) is 8.32. The van der Waals surface area contributed by atoms with Gasteiger partial charge in [-0.3, -0.25) is 4.98 Å². The predicted octanol–water partition coefficient (Wildman–Crippen LogP) is 2.48. The van der Waals surface area contributed by atoms with Crippen LogP contribution >= 0.6 is 0 Å². The molecule has 16 heavy (non-hydrogen) atoms. The first kappa shape index (κ1) is 10.6. The van der Waals surface area contributed by atoms with E-state index >= 15 is 0 Å². The molecular weight excluding hydrogens is 224 g/mol. The zero-order chi connectivity index (χ0) is 11.4. The fourth-order valence-corrected chi connectivity index (χ4v) is 2.18. The monoisotopic (exact) mass is 233 g/mol. The molecule has 0 spiro atoms. The summed E-state index contributed by atoms with van der Waals surface area (Å²) in [6, 6.07) is 11.3. The molecular formula is C11H9N2O2S-. The lowest BCUT2D eigenvalue weighted by atomic mass is 10.4. The number of sulfonamides is 1. The summed E-state index contributed by atoms with van der Waals surface area (Å²) in [5.74, 6) is 0. The van der Waals surface area contributed by atoms with E-state index in [0.717, 1.165) is 0 Å². The summed E-state index contributed by atoms with van der Waals surface area (Å²) in [4.78, 5) is 3.98. The molecule has 0 radical (unpaired) electrons. The number of rotatable bonds is 3. The average Bonchev–Trinajstić information content (AvgIpc) is 2.31. The molecule has 0 N–H and O–H groups in total. The van der Waals surface area contributed by atoms with E-state index in [1.165, 1.54) is 18.3 Å². The van der Waals surface area contributed by atoms with Crippen molar-refractivity contribution in [3.05, 3.63) is 59.6 Å². The lowest BCUT2D eigenvalue weighted by Crippen LogP contribution is -1.96. The summed E-state index contributed by atoms with van der Waals surface area (Å²) in [7, 11) is -3.63. The molecule has 5 heteroatoms. The molecule has 82 valence electrons. The number of pyridine rings is 1. The number of aromatic nitrogens is 1. The fourth-order valence-electron chi connectivity index (χ4n) is 1.19. The van der Waals surface area contributed by atoms with Gasteiger partial charge in [0.05, 0.1) is 4.90 Å². The Morgan fingerprint density at radius 2 is 1.75 bits per heavy atom. The number of benzene rings is 1. The van der Waals surface area contributed by atoms with Crippen molar-refractivity contribution in [2.75, 3.05) is 0 Å². The standard InChI is InChI=1S/C11H9N2O2S/c14-16(15,11-6-2-1-3-7-11)13-10-5-4-8-12-9-10/h1-9H/q-1. The Morgan fingerprint density at radius 3 is 2.38 bits per heavy atom. The molecule has 1 aromatic heterocycles. The molecule has 0 aliphatic carbocycles. The summed E-state index contributed by atoms with van der Waals surface area (Å²) < 4.78 is 27.3. The van der Waals surface area contributed by atoms with Gasteiger partial charge in [-0.1, -0.05) is 24.3 Å². The summed E-state index contributed by atoms with van der Waals surface area (Å²) >= 11 is 0. The molecule has 1 heterocycles. The van der Waals surface area contributed by atoms with E-state index in [1.54, 1.807) is 36.5 Å². The van der Waals surface area contributed by atoms with Crippen molar-refractivity contribution in [2.45, 2.75) is 4.90 Å². The van der Waals surface area contributed by atoms with Gasteiger partial charge in [-0.2, -0.15) is 0 Å². The first-order valence-electron chi connectivity index (χ1n) is 4.61. The Balaban J connectivity index is 2.29. The van der Waals surface area contributed by atoms with Crippen molar-refractivity contribution in [1.82, 2.24) is 4.98 Å². The van der Waals surface area contributed by atoms with Crippen LogP contribution in [0, 0.1) is 0 Å². The summed E-state index contributed by atoms with van der Waals surface area (Å²) in [6.45, 7) is 0. The van der Waals surface area contributed by atoms with Crippen LogP contribution in [-0.2, 0) is 10.0 Å². The maximum atomic E-state index is 11.8. The molecule has 2 rings (SSSR count). The van der Waals surface area contributed by atoms with Gasteiger partial charge in [-0.25, -0.2) is 8.42 Å². The highest BCUT2D eigenvalue weighted by atomic mass is 32.2. The van der Waals surface area contributed by atoms with E-state index in [2.05, 4.69) is 9.71 Å². The zero-order valence-corrected chi connectivity index (χ0v) is 9.13. The highest BCUT2D eigenvalue weighted by Gasteiger charge is 2.02. The molecule has 0 atom stereocenters. The highest BCUT2D eigenvalue weighted by molar-refractivity contribution is 7.94. The normalized spacial score (nSPS) is 11.0. The molecule has 0 aliphatic rings. The fraction of sp³-hybridized carbons (Fsp3) is 0. The molecule has 2 aromatic rings. The minimum Gasteiger partial charge on any atom is -0.571 e. The quantitative estimate of drug-likeness (QED) is 0.818. The molecule has 0 saturated carbocycles. The molecule has 0 bridgehead atoms. The van der Waals surface area contributed by atoms with Crippen LogP contribution in [0.25, 0.3) is 4.72 Å². The highest BCUT2D eigenvalue weighted by Crippen LogP contribution is 2.25. The Bertz CT molecular complexity index is 553. The third-order valence-corrected chi connectivity index (χ3v) is 3.23. The van der Waals surface area contributed by atoms with Gasteiger partial charge >= 0.3 is 0 Å². The van der Waals surface area contributed by atoms with E-state index in [0.29, 0.717) is 5.69 Å². The van der Waals surface area contributed by atoms with E-state index in [1.807, 2.05) is 0 Å². The molecule has 0 fully saturated rings. The van der Waals surface area contributed by atoms with Crippen LogP contribution in [0.2, 0.25) is 0 Å². The third kappa shape index (κ3) is 2.38. The van der Waals surface area contributed by atoms with Crippen molar-refractivity contribution < 1.29 is 8.42 Å². The maximum Gasteiger partial charge on any atom is 0.123 e. The SMILES string of the molecule is O=S(=O)([N-]c1cccnc1)c1ccccc1. The molecule has 1 aromatic carbocycles.